The normalized spacial score (nSPS) is 10.3. The van der Waals surface area contributed by atoms with Crippen LogP contribution >= 0.6 is 0 Å². The molecule has 88 valence electrons. The molecule has 1 aromatic heterocycles. The van der Waals surface area contributed by atoms with Gasteiger partial charge in [-0.25, -0.2) is 9.97 Å². The molecule has 2 N–H and O–H groups in total. The molecule has 0 saturated carbocycles. The molecule has 0 saturated heterocycles. The van der Waals surface area contributed by atoms with Gasteiger partial charge in [-0.3, -0.25) is 0 Å². The number of hydrogen-bond donors (Lipinski definition) is 1. The third kappa shape index (κ3) is 3.01. The van der Waals surface area contributed by atoms with Gasteiger partial charge in [0.2, 0.25) is 0 Å². The molecule has 0 spiro atoms. The lowest BCUT2D eigenvalue weighted by atomic mass is 10.2. The Morgan fingerprint density at radius 1 is 1.12 bits per heavy atom. The van der Waals surface area contributed by atoms with Gasteiger partial charge in [0.1, 0.15) is 5.75 Å². The van der Waals surface area contributed by atoms with E-state index in [9.17, 15) is 0 Å². The van der Waals surface area contributed by atoms with Crippen LogP contribution in [0.5, 0.6) is 11.8 Å². The minimum absolute atomic E-state index is 0.372. The average Bonchev–Trinajstić information content (AvgIpc) is 2.28. The molecule has 0 fully saturated rings. The lowest BCUT2D eigenvalue weighted by Gasteiger charge is -2.06. The Bertz CT molecular complexity index is 506. The van der Waals surface area contributed by atoms with Crippen molar-refractivity contribution in [3.63, 3.8) is 0 Å². The minimum Gasteiger partial charge on any atom is -0.424 e. The summed E-state index contributed by atoms with van der Waals surface area (Å²) >= 11 is 0. The van der Waals surface area contributed by atoms with Crippen molar-refractivity contribution in [3.8, 4) is 11.8 Å². The van der Waals surface area contributed by atoms with E-state index in [0.29, 0.717) is 18.3 Å². The summed E-state index contributed by atoms with van der Waals surface area (Å²) in [5, 5.41) is 0. The van der Waals surface area contributed by atoms with Crippen LogP contribution in [0.2, 0.25) is 0 Å². The van der Waals surface area contributed by atoms with Gasteiger partial charge in [-0.15, -0.1) is 0 Å². The standard InChI is InChI=1S/C13H15N3O/c1-9-6-10(2)16-13(15-9)17-12-5-3-4-11(7-12)8-14/h3-7H,8,14H2,1-2H3. The molecule has 0 aliphatic rings. The van der Waals surface area contributed by atoms with Crippen molar-refractivity contribution in [2.45, 2.75) is 20.4 Å². The largest absolute Gasteiger partial charge is 0.424 e. The van der Waals surface area contributed by atoms with Crippen molar-refractivity contribution in [1.82, 2.24) is 9.97 Å². The molecule has 2 rings (SSSR count). The predicted octanol–water partition coefficient (Wildman–Crippen LogP) is 2.34. The van der Waals surface area contributed by atoms with Crippen molar-refractivity contribution < 1.29 is 4.74 Å². The highest BCUT2D eigenvalue weighted by atomic mass is 16.5. The summed E-state index contributed by atoms with van der Waals surface area (Å²) < 4.78 is 5.60. The minimum atomic E-state index is 0.372. The van der Waals surface area contributed by atoms with E-state index in [2.05, 4.69) is 9.97 Å². The van der Waals surface area contributed by atoms with E-state index in [1.165, 1.54) is 0 Å². The third-order valence-electron chi connectivity index (χ3n) is 2.31. The highest BCUT2D eigenvalue weighted by Gasteiger charge is 2.03. The zero-order valence-electron chi connectivity index (χ0n) is 9.97. The Hall–Kier alpha value is -1.94. The van der Waals surface area contributed by atoms with Crippen LogP contribution in [0.3, 0.4) is 0 Å². The number of ether oxygens (including phenoxy) is 1. The summed E-state index contributed by atoms with van der Waals surface area (Å²) in [5.74, 6) is 0.706. The summed E-state index contributed by atoms with van der Waals surface area (Å²) in [6, 6.07) is 9.89. The van der Waals surface area contributed by atoms with Crippen LogP contribution < -0.4 is 10.5 Å². The monoisotopic (exact) mass is 229 g/mol. The second-order valence-electron chi connectivity index (χ2n) is 3.89. The molecular formula is C13H15N3O. The first kappa shape index (κ1) is 11.5. The third-order valence-corrected chi connectivity index (χ3v) is 2.31. The topological polar surface area (TPSA) is 61.0 Å². The number of aromatic nitrogens is 2. The van der Waals surface area contributed by atoms with Crippen LogP contribution in [0.4, 0.5) is 0 Å². The van der Waals surface area contributed by atoms with Crippen LogP contribution in [0, 0.1) is 13.8 Å². The summed E-state index contributed by atoms with van der Waals surface area (Å²) in [5.41, 5.74) is 8.38. The fraction of sp³-hybridized carbons (Fsp3) is 0.231. The van der Waals surface area contributed by atoms with Crippen LogP contribution in [-0.2, 0) is 6.54 Å². The molecule has 1 heterocycles. The molecule has 4 nitrogen and oxygen atoms in total. The molecule has 0 aliphatic carbocycles. The van der Waals surface area contributed by atoms with Crippen LogP contribution in [-0.4, -0.2) is 9.97 Å². The lowest BCUT2D eigenvalue weighted by molar-refractivity contribution is 0.438. The van der Waals surface area contributed by atoms with Crippen molar-refractivity contribution >= 4 is 0 Å². The highest BCUT2D eigenvalue weighted by Crippen LogP contribution is 2.19. The zero-order valence-corrected chi connectivity index (χ0v) is 9.97. The van der Waals surface area contributed by atoms with Gasteiger partial charge in [0, 0.05) is 17.9 Å². The van der Waals surface area contributed by atoms with E-state index in [4.69, 9.17) is 10.5 Å². The Balaban J connectivity index is 2.24. The molecule has 17 heavy (non-hydrogen) atoms. The van der Waals surface area contributed by atoms with Gasteiger partial charge in [-0.2, -0.15) is 0 Å². The molecule has 0 aliphatic heterocycles. The molecule has 4 heteroatoms. The molecule has 0 amide bonds. The predicted molar refractivity (Wildman–Crippen MR) is 65.9 cm³/mol. The number of nitrogens with two attached hydrogens (primary N) is 1. The fourth-order valence-electron chi connectivity index (χ4n) is 1.58. The quantitative estimate of drug-likeness (QED) is 0.877. The second kappa shape index (κ2) is 4.93. The Kier molecular flexibility index (Phi) is 3.35. The summed E-state index contributed by atoms with van der Waals surface area (Å²) in [7, 11) is 0. The highest BCUT2D eigenvalue weighted by molar-refractivity contribution is 5.30. The first-order valence-electron chi connectivity index (χ1n) is 5.46. The van der Waals surface area contributed by atoms with Crippen molar-refractivity contribution in [1.29, 1.82) is 0 Å². The van der Waals surface area contributed by atoms with E-state index in [0.717, 1.165) is 17.0 Å². The maximum absolute atomic E-state index is 5.60. The molecule has 1 aromatic carbocycles. The van der Waals surface area contributed by atoms with Gasteiger partial charge in [0.25, 0.3) is 0 Å². The molecule has 0 bridgehead atoms. The van der Waals surface area contributed by atoms with Crippen LogP contribution in [0.25, 0.3) is 0 Å². The molecule has 0 unspecified atom stereocenters. The first-order chi connectivity index (χ1) is 8.17. The van der Waals surface area contributed by atoms with E-state index < -0.39 is 0 Å². The SMILES string of the molecule is Cc1cc(C)nc(Oc2cccc(CN)c2)n1. The molecule has 0 radical (unpaired) electrons. The van der Waals surface area contributed by atoms with Crippen molar-refractivity contribution in [2.24, 2.45) is 5.73 Å². The first-order valence-corrected chi connectivity index (χ1v) is 5.46. The summed E-state index contributed by atoms with van der Waals surface area (Å²) in [6.45, 7) is 4.32. The van der Waals surface area contributed by atoms with Gasteiger partial charge < -0.3 is 10.5 Å². The average molecular weight is 229 g/mol. The maximum atomic E-state index is 5.60. The van der Waals surface area contributed by atoms with Gasteiger partial charge in [0.15, 0.2) is 0 Å². The molecular weight excluding hydrogens is 214 g/mol. The van der Waals surface area contributed by atoms with Gasteiger partial charge in [-0.1, -0.05) is 12.1 Å². The molecule has 0 atom stereocenters. The lowest BCUT2D eigenvalue weighted by Crippen LogP contribution is -1.98. The van der Waals surface area contributed by atoms with Crippen LogP contribution in [0.15, 0.2) is 30.3 Å². The van der Waals surface area contributed by atoms with Crippen molar-refractivity contribution in [3.05, 3.63) is 47.3 Å². The van der Waals surface area contributed by atoms with E-state index in [1.54, 1.807) is 0 Å². The zero-order chi connectivity index (χ0) is 12.3. The maximum Gasteiger partial charge on any atom is 0.322 e. The fourth-order valence-corrected chi connectivity index (χ4v) is 1.58. The Morgan fingerprint density at radius 3 is 2.47 bits per heavy atom. The number of aryl methyl sites for hydroxylation is 2. The smallest absolute Gasteiger partial charge is 0.322 e. The second-order valence-corrected chi connectivity index (χ2v) is 3.89. The van der Waals surface area contributed by atoms with E-state index >= 15 is 0 Å². The Labute approximate surface area is 100 Å². The number of hydrogen-bond acceptors (Lipinski definition) is 4. The van der Waals surface area contributed by atoms with Gasteiger partial charge in [-0.05, 0) is 37.6 Å². The van der Waals surface area contributed by atoms with Gasteiger partial charge >= 0.3 is 6.01 Å². The van der Waals surface area contributed by atoms with E-state index in [1.807, 2.05) is 44.2 Å². The molecule has 2 aromatic rings. The van der Waals surface area contributed by atoms with Crippen molar-refractivity contribution in [2.75, 3.05) is 0 Å². The number of rotatable bonds is 3. The summed E-state index contributed by atoms with van der Waals surface area (Å²) in [4.78, 5) is 8.44. The van der Waals surface area contributed by atoms with Gasteiger partial charge in [0.05, 0.1) is 0 Å². The summed E-state index contributed by atoms with van der Waals surface area (Å²) in [6.07, 6.45) is 0. The van der Waals surface area contributed by atoms with Crippen LogP contribution in [0.1, 0.15) is 17.0 Å². The van der Waals surface area contributed by atoms with E-state index in [-0.39, 0.29) is 0 Å². The number of nitrogens with zero attached hydrogens (tertiary/aromatic N) is 2. The Morgan fingerprint density at radius 2 is 1.82 bits per heavy atom. The number of benzene rings is 1.